The molecule has 0 radical (unpaired) electrons. The first-order chi connectivity index (χ1) is 6.46. The topological polar surface area (TPSA) is 32.6 Å². The quantitative estimate of drug-likeness (QED) is 0.443. The average Bonchev–Trinajstić information content (AvgIpc) is 2.07. The monoisotopic (exact) mass is 223 g/mol. The summed E-state index contributed by atoms with van der Waals surface area (Å²) in [7, 11) is 0. The first-order valence-corrected chi connectivity index (χ1v) is 3.88. The van der Waals surface area contributed by atoms with Gasteiger partial charge >= 0.3 is 6.18 Å². The molecule has 0 heterocycles. The molecule has 0 aliphatic heterocycles. The second-order valence-corrected chi connectivity index (χ2v) is 2.83. The van der Waals surface area contributed by atoms with Gasteiger partial charge in [0, 0.05) is 5.56 Å². The Morgan fingerprint density at radius 2 is 1.86 bits per heavy atom. The number of rotatable bonds is 1. The van der Waals surface area contributed by atoms with Gasteiger partial charge in [-0.3, -0.25) is 0 Å². The zero-order valence-corrected chi connectivity index (χ0v) is 7.47. The van der Waals surface area contributed by atoms with Crippen molar-refractivity contribution in [3.63, 3.8) is 0 Å². The number of hydrogen-bond acceptors (Lipinski definition) is 2. The number of hydrogen-bond donors (Lipinski definition) is 1. The van der Waals surface area contributed by atoms with E-state index in [-0.39, 0.29) is 10.6 Å². The summed E-state index contributed by atoms with van der Waals surface area (Å²) >= 11 is 5.51. The highest BCUT2D eigenvalue weighted by atomic mass is 35.5. The van der Waals surface area contributed by atoms with Crippen LogP contribution in [0.2, 0.25) is 5.02 Å². The van der Waals surface area contributed by atoms with E-state index in [0.717, 1.165) is 6.07 Å². The highest BCUT2D eigenvalue weighted by molar-refractivity contribution is 6.34. The highest BCUT2D eigenvalue weighted by Gasteiger charge is 2.38. The fraction of sp³-hybridized carbons (Fsp3) is 0.125. The van der Waals surface area contributed by atoms with Crippen LogP contribution < -0.4 is 0 Å². The third-order valence-corrected chi connectivity index (χ3v) is 1.83. The van der Waals surface area contributed by atoms with Crippen molar-refractivity contribution in [3.8, 4) is 0 Å². The van der Waals surface area contributed by atoms with E-state index in [0.29, 0.717) is 0 Å². The lowest BCUT2D eigenvalue weighted by Gasteiger charge is -2.09. The number of nitrogens with zero attached hydrogens (tertiary/aromatic N) is 1. The molecule has 1 aromatic carbocycles. The van der Waals surface area contributed by atoms with E-state index in [1.165, 1.54) is 18.2 Å². The molecule has 6 heteroatoms. The fourth-order valence-electron chi connectivity index (χ4n) is 0.917. The normalized spacial score (nSPS) is 13.0. The fourth-order valence-corrected chi connectivity index (χ4v) is 1.14. The molecule has 0 unspecified atom stereocenters. The van der Waals surface area contributed by atoms with Crippen molar-refractivity contribution in [2.75, 3.05) is 0 Å². The summed E-state index contributed by atoms with van der Waals surface area (Å²) in [5.41, 5.74) is -1.74. The Balaban J connectivity index is 3.23. The Kier molecular flexibility index (Phi) is 3.00. The summed E-state index contributed by atoms with van der Waals surface area (Å²) in [5, 5.41) is 10.3. The number of alkyl halides is 3. The Hall–Kier alpha value is -1.23. The zero-order valence-electron chi connectivity index (χ0n) is 6.72. The molecule has 14 heavy (non-hydrogen) atoms. The van der Waals surface area contributed by atoms with Gasteiger partial charge in [-0.05, 0) is 6.07 Å². The van der Waals surface area contributed by atoms with Gasteiger partial charge in [-0.15, -0.1) is 0 Å². The molecule has 0 amide bonds. The first kappa shape index (κ1) is 10.8. The van der Waals surface area contributed by atoms with E-state index in [9.17, 15) is 13.2 Å². The van der Waals surface area contributed by atoms with Crippen LogP contribution >= 0.6 is 11.6 Å². The van der Waals surface area contributed by atoms with E-state index in [2.05, 4.69) is 5.16 Å². The minimum atomic E-state index is -4.72. The molecule has 0 saturated carbocycles. The molecule has 0 aliphatic carbocycles. The van der Waals surface area contributed by atoms with Gasteiger partial charge < -0.3 is 5.21 Å². The maximum atomic E-state index is 12.2. The van der Waals surface area contributed by atoms with Gasteiger partial charge in [0.2, 0.25) is 0 Å². The van der Waals surface area contributed by atoms with Gasteiger partial charge in [0.15, 0.2) is 5.71 Å². The van der Waals surface area contributed by atoms with Gasteiger partial charge in [-0.25, -0.2) is 0 Å². The SMILES string of the molecule is O/N=C(/c1ccccc1Cl)C(F)(F)F. The summed E-state index contributed by atoms with van der Waals surface area (Å²) < 4.78 is 36.7. The van der Waals surface area contributed by atoms with Crippen molar-refractivity contribution < 1.29 is 18.4 Å². The summed E-state index contributed by atoms with van der Waals surface area (Å²) in [6.45, 7) is 0. The van der Waals surface area contributed by atoms with Gasteiger partial charge in [0.05, 0.1) is 5.02 Å². The van der Waals surface area contributed by atoms with Crippen LogP contribution in [-0.4, -0.2) is 17.1 Å². The van der Waals surface area contributed by atoms with Crippen molar-refractivity contribution in [2.24, 2.45) is 5.16 Å². The molecule has 1 N–H and O–H groups in total. The molecule has 0 atom stereocenters. The second kappa shape index (κ2) is 3.88. The third kappa shape index (κ3) is 2.17. The van der Waals surface area contributed by atoms with Crippen LogP contribution in [0, 0.1) is 0 Å². The van der Waals surface area contributed by atoms with E-state index < -0.39 is 11.9 Å². The number of benzene rings is 1. The van der Waals surface area contributed by atoms with Crippen molar-refractivity contribution in [1.82, 2.24) is 0 Å². The Morgan fingerprint density at radius 3 is 2.29 bits per heavy atom. The minimum Gasteiger partial charge on any atom is -0.410 e. The molecule has 0 saturated heterocycles. The molecule has 0 bridgehead atoms. The minimum absolute atomic E-state index is 0.113. The van der Waals surface area contributed by atoms with Crippen molar-refractivity contribution >= 4 is 17.3 Å². The van der Waals surface area contributed by atoms with Crippen LogP contribution in [0.15, 0.2) is 29.4 Å². The van der Waals surface area contributed by atoms with Crippen LogP contribution in [0.4, 0.5) is 13.2 Å². The smallest absolute Gasteiger partial charge is 0.410 e. The van der Waals surface area contributed by atoms with Gasteiger partial charge in [0.1, 0.15) is 0 Å². The lowest BCUT2D eigenvalue weighted by Crippen LogP contribution is -2.24. The Morgan fingerprint density at radius 1 is 1.29 bits per heavy atom. The van der Waals surface area contributed by atoms with Crippen molar-refractivity contribution in [3.05, 3.63) is 34.9 Å². The van der Waals surface area contributed by atoms with Crippen LogP contribution in [0.1, 0.15) is 5.56 Å². The molecular formula is C8H5ClF3NO. The number of oxime groups is 1. The molecule has 0 spiro atoms. The van der Waals surface area contributed by atoms with Crippen LogP contribution in [0.3, 0.4) is 0 Å². The molecule has 2 nitrogen and oxygen atoms in total. The summed E-state index contributed by atoms with van der Waals surface area (Å²) in [6, 6.07) is 5.27. The van der Waals surface area contributed by atoms with Crippen LogP contribution in [-0.2, 0) is 0 Å². The van der Waals surface area contributed by atoms with E-state index in [4.69, 9.17) is 16.8 Å². The molecular weight excluding hydrogens is 219 g/mol. The van der Waals surface area contributed by atoms with Crippen molar-refractivity contribution in [1.29, 1.82) is 0 Å². The summed E-state index contributed by atoms with van der Waals surface area (Å²) in [4.78, 5) is 0. The van der Waals surface area contributed by atoms with E-state index >= 15 is 0 Å². The van der Waals surface area contributed by atoms with Gasteiger partial charge in [-0.1, -0.05) is 35.0 Å². The molecule has 0 aromatic heterocycles. The standard InChI is InChI=1S/C8H5ClF3NO/c9-6-4-2-1-3-5(6)7(13-14)8(10,11)12/h1-4,14H/b13-7-. The predicted octanol–water partition coefficient (Wildman–Crippen LogP) is 3.08. The van der Waals surface area contributed by atoms with Crippen LogP contribution in [0.5, 0.6) is 0 Å². The molecule has 76 valence electrons. The maximum absolute atomic E-state index is 12.2. The maximum Gasteiger partial charge on any atom is 0.437 e. The largest absolute Gasteiger partial charge is 0.437 e. The Bertz CT molecular complexity index is 362. The molecule has 1 aromatic rings. The van der Waals surface area contributed by atoms with Gasteiger partial charge in [-0.2, -0.15) is 13.2 Å². The van der Waals surface area contributed by atoms with Crippen molar-refractivity contribution in [2.45, 2.75) is 6.18 Å². The average molecular weight is 224 g/mol. The molecule has 0 aliphatic rings. The molecule has 1 rings (SSSR count). The molecule has 0 fully saturated rings. The predicted molar refractivity (Wildman–Crippen MR) is 45.8 cm³/mol. The lowest BCUT2D eigenvalue weighted by atomic mass is 10.1. The van der Waals surface area contributed by atoms with Gasteiger partial charge in [0.25, 0.3) is 0 Å². The second-order valence-electron chi connectivity index (χ2n) is 2.43. The highest BCUT2D eigenvalue weighted by Crippen LogP contribution is 2.26. The lowest BCUT2D eigenvalue weighted by molar-refractivity contribution is -0.0601. The summed E-state index contributed by atoms with van der Waals surface area (Å²) in [5.74, 6) is 0. The zero-order chi connectivity index (χ0) is 10.8. The third-order valence-electron chi connectivity index (χ3n) is 1.50. The summed E-state index contributed by atoms with van der Waals surface area (Å²) in [6.07, 6.45) is -4.72. The Labute approximate surface area is 82.6 Å². The van der Waals surface area contributed by atoms with Crippen LogP contribution in [0.25, 0.3) is 0 Å². The first-order valence-electron chi connectivity index (χ1n) is 3.51. The number of halogens is 4. The van der Waals surface area contributed by atoms with E-state index in [1.54, 1.807) is 0 Å². The van der Waals surface area contributed by atoms with E-state index in [1.807, 2.05) is 0 Å².